The number of carbonyl (C=O) groups is 1. The molecule has 88 valence electrons. The Morgan fingerprint density at radius 1 is 1.33 bits per heavy atom. The van der Waals surface area contributed by atoms with Crippen molar-refractivity contribution in [3.63, 3.8) is 0 Å². The van der Waals surface area contributed by atoms with Crippen molar-refractivity contribution in [3.05, 3.63) is 0 Å². The molecule has 2 amide bonds. The minimum atomic E-state index is -0.0712. The zero-order valence-electron chi connectivity index (χ0n) is 9.88. The summed E-state index contributed by atoms with van der Waals surface area (Å²) in [5.74, 6) is 0.539. The van der Waals surface area contributed by atoms with Gasteiger partial charge in [-0.05, 0) is 25.7 Å². The van der Waals surface area contributed by atoms with Crippen molar-refractivity contribution in [2.45, 2.75) is 45.7 Å². The van der Waals surface area contributed by atoms with Gasteiger partial charge in [0.15, 0.2) is 0 Å². The van der Waals surface area contributed by atoms with E-state index in [1.54, 1.807) is 0 Å². The van der Waals surface area contributed by atoms with Gasteiger partial charge in [0.25, 0.3) is 0 Å². The molecule has 1 aliphatic rings. The van der Waals surface area contributed by atoms with Gasteiger partial charge in [0.05, 0.1) is 12.6 Å². The van der Waals surface area contributed by atoms with E-state index in [1.807, 2.05) is 6.92 Å². The molecule has 2 N–H and O–H groups in total. The predicted octanol–water partition coefficient (Wildman–Crippen LogP) is 1.51. The molecule has 0 aromatic heterocycles. The fraction of sp³-hybridized carbons (Fsp3) is 0.909. The van der Waals surface area contributed by atoms with Crippen LogP contribution in [0.3, 0.4) is 0 Å². The lowest BCUT2D eigenvalue weighted by Gasteiger charge is -2.15. The van der Waals surface area contributed by atoms with Gasteiger partial charge in [-0.1, -0.05) is 13.8 Å². The van der Waals surface area contributed by atoms with Gasteiger partial charge in [0, 0.05) is 12.6 Å². The quantitative estimate of drug-likeness (QED) is 0.704. The van der Waals surface area contributed by atoms with Crippen molar-refractivity contribution in [2.75, 3.05) is 13.2 Å². The molecule has 0 aromatic carbocycles. The van der Waals surface area contributed by atoms with E-state index in [2.05, 4.69) is 24.5 Å². The van der Waals surface area contributed by atoms with Crippen LogP contribution in [0.1, 0.15) is 33.6 Å². The Bertz CT molecular complexity index is 203. The summed E-state index contributed by atoms with van der Waals surface area (Å²) < 4.78 is 5.44. The Kier molecular flexibility index (Phi) is 4.88. The van der Waals surface area contributed by atoms with Crippen LogP contribution in [0.4, 0.5) is 4.79 Å². The number of urea groups is 1. The molecule has 0 aromatic rings. The second-order valence-electron chi connectivity index (χ2n) is 4.72. The Hall–Kier alpha value is -0.770. The Morgan fingerprint density at radius 2 is 2.00 bits per heavy atom. The first-order chi connectivity index (χ1) is 7.08. The highest BCUT2D eigenvalue weighted by Gasteiger charge is 2.23. The fourth-order valence-electron chi connectivity index (χ4n) is 1.20. The number of amides is 2. The molecule has 1 saturated carbocycles. The molecule has 1 fully saturated rings. The van der Waals surface area contributed by atoms with E-state index >= 15 is 0 Å². The molecular formula is C11H22N2O2. The zero-order chi connectivity index (χ0) is 11.3. The SMILES string of the molecule is CC(C)COCC(C)NC(=O)NC1CC1. The van der Waals surface area contributed by atoms with E-state index in [0.717, 1.165) is 19.4 Å². The highest BCUT2D eigenvalue weighted by molar-refractivity contribution is 5.74. The minimum Gasteiger partial charge on any atom is -0.379 e. The summed E-state index contributed by atoms with van der Waals surface area (Å²) in [6.45, 7) is 7.50. The molecular weight excluding hydrogens is 192 g/mol. The number of hydrogen-bond donors (Lipinski definition) is 2. The lowest BCUT2D eigenvalue weighted by atomic mass is 10.2. The van der Waals surface area contributed by atoms with E-state index in [1.165, 1.54) is 0 Å². The zero-order valence-corrected chi connectivity index (χ0v) is 9.88. The molecule has 0 radical (unpaired) electrons. The summed E-state index contributed by atoms with van der Waals surface area (Å²) in [7, 11) is 0. The van der Waals surface area contributed by atoms with Crippen LogP contribution in [0.5, 0.6) is 0 Å². The third-order valence-electron chi connectivity index (χ3n) is 2.11. The highest BCUT2D eigenvalue weighted by atomic mass is 16.5. The van der Waals surface area contributed by atoms with E-state index in [-0.39, 0.29) is 12.1 Å². The van der Waals surface area contributed by atoms with Crippen molar-refractivity contribution in [1.82, 2.24) is 10.6 Å². The second kappa shape index (κ2) is 5.95. The van der Waals surface area contributed by atoms with Crippen molar-refractivity contribution >= 4 is 6.03 Å². The van der Waals surface area contributed by atoms with Gasteiger partial charge in [-0.25, -0.2) is 4.79 Å². The van der Waals surface area contributed by atoms with Crippen molar-refractivity contribution in [1.29, 1.82) is 0 Å². The lowest BCUT2D eigenvalue weighted by Crippen LogP contribution is -2.43. The molecule has 4 nitrogen and oxygen atoms in total. The molecule has 1 rings (SSSR count). The Labute approximate surface area is 91.8 Å². The van der Waals surface area contributed by atoms with Crippen LogP contribution in [0.15, 0.2) is 0 Å². The molecule has 1 aliphatic carbocycles. The van der Waals surface area contributed by atoms with E-state index < -0.39 is 0 Å². The first kappa shape index (κ1) is 12.3. The summed E-state index contributed by atoms with van der Waals surface area (Å²) in [6, 6.07) is 0.412. The molecule has 4 heteroatoms. The van der Waals surface area contributed by atoms with Crippen molar-refractivity contribution in [3.8, 4) is 0 Å². The highest BCUT2D eigenvalue weighted by Crippen LogP contribution is 2.18. The summed E-state index contributed by atoms with van der Waals surface area (Å²) in [4.78, 5) is 11.3. The lowest BCUT2D eigenvalue weighted by molar-refractivity contribution is 0.0954. The number of hydrogen-bond acceptors (Lipinski definition) is 2. The maximum Gasteiger partial charge on any atom is 0.315 e. The molecule has 0 spiro atoms. The Balaban J connectivity index is 2.00. The van der Waals surface area contributed by atoms with Crippen LogP contribution < -0.4 is 10.6 Å². The largest absolute Gasteiger partial charge is 0.379 e. The smallest absolute Gasteiger partial charge is 0.315 e. The van der Waals surface area contributed by atoms with Gasteiger partial charge in [-0.2, -0.15) is 0 Å². The molecule has 15 heavy (non-hydrogen) atoms. The Morgan fingerprint density at radius 3 is 2.53 bits per heavy atom. The molecule has 0 aliphatic heterocycles. The van der Waals surface area contributed by atoms with Gasteiger partial charge in [0.1, 0.15) is 0 Å². The van der Waals surface area contributed by atoms with E-state index in [4.69, 9.17) is 4.74 Å². The van der Waals surface area contributed by atoms with Gasteiger partial charge in [-0.3, -0.25) is 0 Å². The van der Waals surface area contributed by atoms with E-state index in [0.29, 0.717) is 18.6 Å². The van der Waals surface area contributed by atoms with Crippen LogP contribution >= 0.6 is 0 Å². The monoisotopic (exact) mass is 214 g/mol. The maximum absolute atomic E-state index is 11.3. The van der Waals surface area contributed by atoms with Crippen LogP contribution in [-0.2, 0) is 4.74 Å². The molecule has 1 unspecified atom stereocenters. The van der Waals surface area contributed by atoms with Crippen LogP contribution in [-0.4, -0.2) is 31.3 Å². The summed E-state index contributed by atoms with van der Waals surface area (Å²) in [5.41, 5.74) is 0. The molecule has 1 atom stereocenters. The topological polar surface area (TPSA) is 50.4 Å². The molecule has 0 heterocycles. The number of nitrogens with one attached hydrogen (secondary N) is 2. The molecule has 0 saturated heterocycles. The van der Waals surface area contributed by atoms with Crippen LogP contribution in [0, 0.1) is 5.92 Å². The van der Waals surface area contributed by atoms with Crippen molar-refractivity contribution in [2.24, 2.45) is 5.92 Å². The summed E-state index contributed by atoms with van der Waals surface area (Å²) in [5, 5.41) is 5.73. The maximum atomic E-state index is 11.3. The van der Waals surface area contributed by atoms with Gasteiger partial charge in [0.2, 0.25) is 0 Å². The summed E-state index contributed by atoms with van der Waals surface area (Å²) >= 11 is 0. The third kappa shape index (κ3) is 6.33. The van der Waals surface area contributed by atoms with Gasteiger partial charge in [-0.15, -0.1) is 0 Å². The van der Waals surface area contributed by atoms with Gasteiger partial charge >= 0.3 is 6.03 Å². The number of ether oxygens (including phenoxy) is 1. The van der Waals surface area contributed by atoms with Crippen LogP contribution in [0.25, 0.3) is 0 Å². The summed E-state index contributed by atoms with van der Waals surface area (Å²) in [6.07, 6.45) is 2.23. The first-order valence-corrected chi connectivity index (χ1v) is 5.72. The standard InChI is InChI=1S/C11H22N2O2/c1-8(2)6-15-7-9(3)12-11(14)13-10-4-5-10/h8-10H,4-7H2,1-3H3,(H2,12,13,14). The minimum absolute atomic E-state index is 0.0712. The number of rotatable bonds is 6. The fourth-order valence-corrected chi connectivity index (χ4v) is 1.20. The van der Waals surface area contributed by atoms with E-state index in [9.17, 15) is 4.79 Å². The second-order valence-corrected chi connectivity index (χ2v) is 4.72. The number of carbonyl (C=O) groups excluding carboxylic acids is 1. The molecule has 0 bridgehead atoms. The van der Waals surface area contributed by atoms with Crippen LogP contribution in [0.2, 0.25) is 0 Å². The predicted molar refractivity (Wildman–Crippen MR) is 59.8 cm³/mol. The van der Waals surface area contributed by atoms with Crippen molar-refractivity contribution < 1.29 is 9.53 Å². The van der Waals surface area contributed by atoms with Gasteiger partial charge < -0.3 is 15.4 Å². The average molecular weight is 214 g/mol. The first-order valence-electron chi connectivity index (χ1n) is 5.72. The average Bonchev–Trinajstić information content (AvgIpc) is 2.86. The normalized spacial score (nSPS) is 17.6. The third-order valence-corrected chi connectivity index (χ3v) is 2.11.